The molecular weight excluding hydrogens is 512 g/mol. The van der Waals surface area contributed by atoms with Gasteiger partial charge in [0, 0.05) is 6.10 Å². The minimum atomic E-state index is -1.89. The second kappa shape index (κ2) is 11.5. The summed E-state index contributed by atoms with van der Waals surface area (Å²) < 4.78 is 6.88. The number of aliphatic hydroxyl groups excluding tert-OH is 3. The van der Waals surface area contributed by atoms with E-state index in [0.29, 0.717) is 29.6 Å². The molecule has 0 saturated heterocycles. The van der Waals surface area contributed by atoms with Crippen molar-refractivity contribution in [3.8, 4) is 0 Å². The highest BCUT2D eigenvalue weighted by Gasteiger charge is 2.65. The van der Waals surface area contributed by atoms with Gasteiger partial charge in [-0.15, -0.1) is 0 Å². The van der Waals surface area contributed by atoms with Gasteiger partial charge in [0.1, 0.15) is 0 Å². The third-order valence-electron chi connectivity index (χ3n) is 14.3. The zero-order chi connectivity index (χ0) is 30.0. The number of hydrogen-bond donors (Lipinski definition) is 3. The average Bonchev–Trinajstić information content (AvgIpc) is 3.21. The molecule has 0 bridgehead atoms. The van der Waals surface area contributed by atoms with Crippen molar-refractivity contribution in [3.05, 3.63) is 0 Å². The molecule has 4 saturated carbocycles. The van der Waals surface area contributed by atoms with Gasteiger partial charge in [-0.05, 0) is 128 Å². The van der Waals surface area contributed by atoms with Crippen LogP contribution in [0.3, 0.4) is 0 Å². The third-order valence-corrected chi connectivity index (χ3v) is 18.8. The number of rotatable bonds is 8. The van der Waals surface area contributed by atoms with E-state index in [9.17, 15) is 15.3 Å². The summed E-state index contributed by atoms with van der Waals surface area (Å²) in [4.78, 5) is 0. The second-order valence-electron chi connectivity index (χ2n) is 17.5. The lowest BCUT2D eigenvalue weighted by Crippen LogP contribution is -2.64. The Balaban J connectivity index is 1.52. The fourth-order valence-corrected chi connectivity index (χ4v) is 11.9. The van der Waals surface area contributed by atoms with Crippen molar-refractivity contribution in [1.82, 2.24) is 0 Å². The van der Waals surface area contributed by atoms with E-state index in [2.05, 4.69) is 75.4 Å². The van der Waals surface area contributed by atoms with Crippen LogP contribution >= 0.6 is 0 Å². The Hall–Kier alpha value is 0.0569. The largest absolute Gasteiger partial charge is 0.414 e. The minimum absolute atomic E-state index is 0.0623. The fraction of sp³-hybridized carbons (Fsp3) is 1.00. The van der Waals surface area contributed by atoms with Crippen LogP contribution in [-0.4, -0.2) is 48.1 Å². The van der Waals surface area contributed by atoms with Crippen LogP contribution in [0.1, 0.15) is 120 Å². The molecule has 40 heavy (non-hydrogen) atoms. The number of aliphatic hydroxyl groups is 3. The summed E-state index contributed by atoms with van der Waals surface area (Å²) in [6.45, 7) is 25.6. The van der Waals surface area contributed by atoms with Crippen molar-refractivity contribution in [2.24, 2.45) is 58.2 Å². The zero-order valence-electron chi connectivity index (χ0n) is 28.0. The summed E-state index contributed by atoms with van der Waals surface area (Å²) in [5, 5.41) is 35.2. The van der Waals surface area contributed by atoms with Crippen LogP contribution in [-0.2, 0) is 4.43 Å². The van der Waals surface area contributed by atoms with Crippen LogP contribution in [0.15, 0.2) is 0 Å². The molecule has 0 aromatic rings. The summed E-state index contributed by atoms with van der Waals surface area (Å²) in [7, 11) is -1.89. The maximum Gasteiger partial charge on any atom is 0.192 e. The Morgan fingerprint density at radius 3 is 2.05 bits per heavy atom. The predicted molar refractivity (Wildman–Crippen MR) is 168 cm³/mol. The van der Waals surface area contributed by atoms with Crippen LogP contribution in [0.25, 0.3) is 0 Å². The molecular formula is C35H66O4Si. The van der Waals surface area contributed by atoms with Gasteiger partial charge >= 0.3 is 0 Å². The molecule has 0 heterocycles. The smallest absolute Gasteiger partial charge is 0.192 e. The normalized spacial score (nSPS) is 44.5. The molecule has 4 rings (SSSR count). The molecule has 1 unspecified atom stereocenters. The van der Waals surface area contributed by atoms with Gasteiger partial charge in [-0.2, -0.15) is 0 Å². The van der Waals surface area contributed by atoms with Crippen LogP contribution in [0.2, 0.25) is 18.1 Å². The topological polar surface area (TPSA) is 69.9 Å². The van der Waals surface area contributed by atoms with Gasteiger partial charge in [-0.25, -0.2) is 0 Å². The molecule has 0 radical (unpaired) electrons. The summed E-state index contributed by atoms with van der Waals surface area (Å²) in [5.74, 6) is 3.11. The van der Waals surface area contributed by atoms with Gasteiger partial charge in [0.05, 0.1) is 18.3 Å². The van der Waals surface area contributed by atoms with Crippen molar-refractivity contribution in [1.29, 1.82) is 0 Å². The highest BCUT2D eigenvalue weighted by molar-refractivity contribution is 6.74. The summed E-state index contributed by atoms with van der Waals surface area (Å²) in [6, 6.07) is 0. The quantitative estimate of drug-likeness (QED) is 0.255. The molecule has 0 amide bonds. The molecule has 0 aromatic carbocycles. The lowest BCUT2D eigenvalue weighted by Gasteiger charge is -2.64. The molecule has 4 nitrogen and oxygen atoms in total. The molecule has 4 aliphatic carbocycles. The highest BCUT2D eigenvalue weighted by Crippen LogP contribution is 2.68. The average molecular weight is 579 g/mol. The first-order chi connectivity index (χ1) is 18.4. The van der Waals surface area contributed by atoms with Gasteiger partial charge in [-0.1, -0.05) is 68.7 Å². The van der Waals surface area contributed by atoms with E-state index in [1.54, 1.807) is 0 Å². The predicted octanol–water partition coefficient (Wildman–Crippen LogP) is 8.05. The Kier molecular flexibility index (Phi) is 9.50. The third kappa shape index (κ3) is 5.55. The van der Waals surface area contributed by atoms with Gasteiger partial charge in [-0.3, -0.25) is 0 Å². The van der Waals surface area contributed by atoms with E-state index < -0.39 is 20.5 Å². The lowest BCUT2D eigenvalue weighted by molar-refractivity contribution is -0.223. The number of hydrogen-bond acceptors (Lipinski definition) is 4. The van der Waals surface area contributed by atoms with E-state index in [1.807, 2.05) is 0 Å². The van der Waals surface area contributed by atoms with Crippen LogP contribution < -0.4 is 0 Å². The zero-order valence-corrected chi connectivity index (χ0v) is 29.0. The molecule has 234 valence electrons. The first-order valence-electron chi connectivity index (χ1n) is 17.1. The maximum absolute atomic E-state index is 11.9. The van der Waals surface area contributed by atoms with E-state index >= 15 is 0 Å². The van der Waals surface area contributed by atoms with Crippen molar-refractivity contribution < 1.29 is 19.7 Å². The van der Waals surface area contributed by atoms with Crippen molar-refractivity contribution in [3.63, 3.8) is 0 Å². The fourth-order valence-electron chi connectivity index (χ4n) is 10.5. The van der Waals surface area contributed by atoms with Crippen molar-refractivity contribution in [2.75, 3.05) is 0 Å². The molecule has 5 heteroatoms. The van der Waals surface area contributed by atoms with E-state index in [1.165, 1.54) is 6.42 Å². The monoisotopic (exact) mass is 578 g/mol. The maximum atomic E-state index is 11.9. The summed E-state index contributed by atoms with van der Waals surface area (Å²) in [5.41, 5.74) is 0.195. The molecule has 0 aliphatic heterocycles. The first kappa shape index (κ1) is 33.0. The molecule has 0 spiro atoms. The molecule has 13 atom stereocenters. The highest BCUT2D eigenvalue weighted by atomic mass is 28.4. The van der Waals surface area contributed by atoms with Crippen molar-refractivity contribution >= 4 is 8.32 Å². The standard InChI is InChI=1S/C35H66O4Si/c1-12-23(21(2)3)19-29(36)22(4)25-13-14-26-30-27(16-18-34(25,26)8)35(9)17-15-24(20-28(35)31(37)32(30)38)39-40(10,11)33(5,6)7/h21-32,36-38H,12-20H2,1-11H3/t22-,23+,24-,25+,26-,27-,28+,29?,30-,31+,32+,34+,35+/m0/s1. The number of fused-ring (bicyclic) bond motifs is 5. The Morgan fingerprint density at radius 1 is 0.875 bits per heavy atom. The van der Waals surface area contributed by atoms with Crippen LogP contribution in [0.5, 0.6) is 0 Å². The van der Waals surface area contributed by atoms with Crippen LogP contribution in [0.4, 0.5) is 0 Å². The molecule has 0 aromatic heterocycles. The summed E-state index contributed by atoms with van der Waals surface area (Å²) >= 11 is 0. The Morgan fingerprint density at radius 2 is 1.48 bits per heavy atom. The van der Waals surface area contributed by atoms with E-state index in [0.717, 1.165) is 51.4 Å². The molecule has 4 aliphatic rings. The van der Waals surface area contributed by atoms with Crippen LogP contribution in [0, 0.1) is 58.2 Å². The van der Waals surface area contributed by atoms with Crippen molar-refractivity contribution in [2.45, 2.75) is 163 Å². The summed E-state index contributed by atoms with van der Waals surface area (Å²) in [6.07, 6.45) is 8.31. The Labute approximate surface area is 248 Å². The SMILES string of the molecule is CC[C@H](CC(O)[C@@H](C)[C@H]1CC[C@H]2[C@@H]3[C@@H](O)[C@H](O)[C@H]4C[C@@H](O[Si](C)(C)C(C)(C)C)CC[C@]4(C)[C@H]3CC[C@]12C)C(C)C. The minimum Gasteiger partial charge on any atom is -0.414 e. The van der Waals surface area contributed by atoms with Gasteiger partial charge in [0.2, 0.25) is 0 Å². The second-order valence-corrected chi connectivity index (χ2v) is 22.2. The Bertz CT molecular complexity index is 868. The van der Waals surface area contributed by atoms with E-state index in [4.69, 9.17) is 4.43 Å². The van der Waals surface area contributed by atoms with Gasteiger partial charge in [0.25, 0.3) is 0 Å². The molecule has 3 N–H and O–H groups in total. The van der Waals surface area contributed by atoms with E-state index in [-0.39, 0.29) is 45.8 Å². The van der Waals surface area contributed by atoms with Gasteiger partial charge < -0.3 is 19.7 Å². The van der Waals surface area contributed by atoms with Gasteiger partial charge in [0.15, 0.2) is 8.32 Å². The molecule has 4 fully saturated rings. The first-order valence-corrected chi connectivity index (χ1v) is 20.0. The lowest BCUT2D eigenvalue weighted by atomic mass is 9.43.